The summed E-state index contributed by atoms with van der Waals surface area (Å²) in [4.78, 5) is 15.8. The van der Waals surface area contributed by atoms with Crippen LogP contribution in [0.2, 0.25) is 0 Å². The summed E-state index contributed by atoms with van der Waals surface area (Å²) in [5.74, 6) is 1.21. The number of hydrogen-bond acceptors (Lipinski definition) is 4. The standard InChI is InChI=1S/C20H29N3OS.ClH/c1-23(2)12-11-22-20(24)19-18(15-9-7-14(13-21)8-10-15)16-5-3-4-6-17(16)25-19;/h3-6,14-15H,7-13,21H2,1-2H3,(H,22,24);1H. The van der Waals surface area contributed by atoms with Crippen molar-refractivity contribution in [2.24, 2.45) is 11.7 Å². The lowest BCUT2D eigenvalue weighted by Gasteiger charge is -2.28. The molecule has 0 bridgehead atoms. The van der Waals surface area contributed by atoms with Gasteiger partial charge in [-0.3, -0.25) is 4.79 Å². The number of benzene rings is 1. The quantitative estimate of drug-likeness (QED) is 0.781. The van der Waals surface area contributed by atoms with E-state index < -0.39 is 0 Å². The fourth-order valence-electron chi connectivity index (χ4n) is 3.80. The first-order chi connectivity index (χ1) is 12.1. The Morgan fingerprint density at radius 1 is 1.23 bits per heavy atom. The summed E-state index contributed by atoms with van der Waals surface area (Å²) in [6, 6.07) is 8.44. The highest BCUT2D eigenvalue weighted by molar-refractivity contribution is 7.21. The normalized spacial score (nSPS) is 20.2. The fraction of sp³-hybridized carbons (Fsp3) is 0.550. The number of amides is 1. The molecular formula is C20H30ClN3OS. The van der Waals surface area contributed by atoms with Crippen molar-refractivity contribution in [2.45, 2.75) is 31.6 Å². The Kier molecular flexibility index (Phi) is 7.89. The molecule has 4 nitrogen and oxygen atoms in total. The number of rotatable bonds is 6. The highest BCUT2D eigenvalue weighted by Gasteiger charge is 2.28. The molecule has 1 aromatic carbocycles. The molecule has 0 saturated heterocycles. The zero-order chi connectivity index (χ0) is 17.8. The van der Waals surface area contributed by atoms with Gasteiger partial charge in [0.1, 0.15) is 0 Å². The number of nitrogens with zero attached hydrogens (tertiary/aromatic N) is 1. The Bertz CT molecular complexity index is 723. The largest absolute Gasteiger partial charge is 0.350 e. The smallest absolute Gasteiger partial charge is 0.261 e. The molecule has 1 fully saturated rings. The summed E-state index contributed by atoms with van der Waals surface area (Å²) < 4.78 is 1.22. The summed E-state index contributed by atoms with van der Waals surface area (Å²) in [5.41, 5.74) is 7.13. The maximum atomic E-state index is 12.8. The molecule has 0 radical (unpaired) electrons. The van der Waals surface area contributed by atoms with Crippen molar-refractivity contribution in [1.29, 1.82) is 0 Å². The second-order valence-corrected chi connectivity index (χ2v) is 8.41. The Morgan fingerprint density at radius 2 is 1.92 bits per heavy atom. The number of nitrogens with one attached hydrogen (secondary N) is 1. The topological polar surface area (TPSA) is 58.4 Å². The highest BCUT2D eigenvalue weighted by atomic mass is 35.5. The molecule has 1 saturated carbocycles. The van der Waals surface area contributed by atoms with Crippen LogP contribution < -0.4 is 11.1 Å². The van der Waals surface area contributed by atoms with Crippen LogP contribution in [-0.2, 0) is 0 Å². The zero-order valence-corrected chi connectivity index (χ0v) is 17.3. The van der Waals surface area contributed by atoms with Gasteiger partial charge in [-0.1, -0.05) is 18.2 Å². The zero-order valence-electron chi connectivity index (χ0n) is 15.7. The van der Waals surface area contributed by atoms with Gasteiger partial charge in [0.25, 0.3) is 5.91 Å². The van der Waals surface area contributed by atoms with E-state index in [4.69, 9.17) is 5.73 Å². The maximum absolute atomic E-state index is 12.8. The summed E-state index contributed by atoms with van der Waals surface area (Å²) in [6.07, 6.45) is 4.63. The van der Waals surface area contributed by atoms with Crippen molar-refractivity contribution in [3.05, 3.63) is 34.7 Å². The molecule has 26 heavy (non-hydrogen) atoms. The van der Waals surface area contributed by atoms with Gasteiger partial charge in [0, 0.05) is 17.8 Å². The number of hydrogen-bond donors (Lipinski definition) is 2. The van der Waals surface area contributed by atoms with Crippen LogP contribution in [0.25, 0.3) is 10.1 Å². The van der Waals surface area contributed by atoms with Crippen LogP contribution in [0.3, 0.4) is 0 Å². The third kappa shape index (κ3) is 4.77. The van der Waals surface area contributed by atoms with E-state index in [2.05, 4.69) is 34.5 Å². The molecule has 2 aromatic rings. The Labute approximate surface area is 166 Å². The lowest BCUT2D eigenvalue weighted by molar-refractivity contribution is 0.0953. The van der Waals surface area contributed by atoms with Gasteiger partial charge in [-0.05, 0) is 75.2 Å². The molecule has 144 valence electrons. The number of fused-ring (bicyclic) bond motifs is 1. The average Bonchev–Trinajstić information content (AvgIpc) is 3.01. The van der Waals surface area contributed by atoms with Crippen molar-refractivity contribution >= 4 is 39.7 Å². The van der Waals surface area contributed by atoms with E-state index in [1.54, 1.807) is 11.3 Å². The van der Waals surface area contributed by atoms with Crippen LogP contribution in [0.5, 0.6) is 0 Å². The highest BCUT2D eigenvalue weighted by Crippen LogP contribution is 2.43. The van der Waals surface area contributed by atoms with E-state index in [9.17, 15) is 4.79 Å². The van der Waals surface area contributed by atoms with Crippen molar-refractivity contribution in [3.63, 3.8) is 0 Å². The predicted octanol–water partition coefficient (Wildman–Crippen LogP) is 3.85. The van der Waals surface area contributed by atoms with Crippen LogP contribution in [0.4, 0.5) is 0 Å². The van der Waals surface area contributed by atoms with Gasteiger partial charge in [0.15, 0.2) is 0 Å². The van der Waals surface area contributed by atoms with Crippen LogP contribution in [-0.4, -0.2) is 44.5 Å². The van der Waals surface area contributed by atoms with Crippen LogP contribution in [0.15, 0.2) is 24.3 Å². The second kappa shape index (κ2) is 9.70. The Hall–Kier alpha value is -1.14. The molecule has 1 heterocycles. The molecule has 1 aromatic heterocycles. The molecule has 1 aliphatic rings. The van der Waals surface area contributed by atoms with Gasteiger partial charge >= 0.3 is 0 Å². The molecule has 6 heteroatoms. The van der Waals surface area contributed by atoms with Crippen LogP contribution in [0.1, 0.15) is 46.8 Å². The first kappa shape index (κ1) is 21.2. The monoisotopic (exact) mass is 395 g/mol. The molecule has 0 spiro atoms. The number of halogens is 1. The van der Waals surface area contributed by atoms with Crippen molar-refractivity contribution < 1.29 is 4.79 Å². The van der Waals surface area contributed by atoms with Gasteiger partial charge in [-0.25, -0.2) is 0 Å². The number of carbonyl (C=O) groups excluding carboxylic acids is 1. The summed E-state index contributed by atoms with van der Waals surface area (Å²) in [5, 5.41) is 4.37. The van der Waals surface area contributed by atoms with Crippen LogP contribution in [0, 0.1) is 5.92 Å². The molecule has 0 aliphatic heterocycles. The predicted molar refractivity (Wildman–Crippen MR) is 114 cm³/mol. The molecule has 0 unspecified atom stereocenters. The minimum absolute atomic E-state index is 0. The van der Waals surface area contributed by atoms with E-state index in [0.717, 1.165) is 30.8 Å². The number of thiophene rings is 1. The van der Waals surface area contributed by atoms with Gasteiger partial charge in [0.2, 0.25) is 0 Å². The van der Waals surface area contributed by atoms with Crippen molar-refractivity contribution in [2.75, 3.05) is 33.7 Å². The minimum Gasteiger partial charge on any atom is -0.350 e. The first-order valence-corrected chi connectivity index (χ1v) is 10.1. The van der Waals surface area contributed by atoms with Gasteiger partial charge in [-0.2, -0.15) is 0 Å². The SMILES string of the molecule is CN(C)CCNC(=O)c1sc2ccccc2c1C1CCC(CN)CC1.Cl. The number of carbonyl (C=O) groups is 1. The molecule has 3 N–H and O–H groups in total. The van der Waals surface area contributed by atoms with E-state index >= 15 is 0 Å². The van der Waals surface area contributed by atoms with E-state index in [-0.39, 0.29) is 18.3 Å². The second-order valence-electron chi connectivity index (χ2n) is 7.35. The minimum atomic E-state index is 0. The molecule has 1 amide bonds. The average molecular weight is 396 g/mol. The molecule has 1 aliphatic carbocycles. The third-order valence-electron chi connectivity index (χ3n) is 5.27. The summed E-state index contributed by atoms with van der Waals surface area (Å²) in [6.45, 7) is 2.32. The van der Waals surface area contributed by atoms with Gasteiger partial charge in [-0.15, -0.1) is 23.7 Å². The molecular weight excluding hydrogens is 366 g/mol. The first-order valence-electron chi connectivity index (χ1n) is 9.24. The van der Waals surface area contributed by atoms with Gasteiger partial charge < -0.3 is 16.0 Å². The Balaban J connectivity index is 0.00000243. The lowest BCUT2D eigenvalue weighted by atomic mass is 9.78. The van der Waals surface area contributed by atoms with E-state index in [1.165, 1.54) is 28.5 Å². The van der Waals surface area contributed by atoms with E-state index in [1.807, 2.05) is 14.1 Å². The molecule has 3 rings (SSSR count). The van der Waals surface area contributed by atoms with Crippen LogP contribution >= 0.6 is 23.7 Å². The summed E-state index contributed by atoms with van der Waals surface area (Å²) in [7, 11) is 4.04. The summed E-state index contributed by atoms with van der Waals surface area (Å²) >= 11 is 1.64. The lowest BCUT2D eigenvalue weighted by Crippen LogP contribution is -2.31. The number of nitrogens with two attached hydrogens (primary N) is 1. The third-order valence-corrected chi connectivity index (χ3v) is 6.46. The van der Waals surface area contributed by atoms with E-state index in [0.29, 0.717) is 18.4 Å². The van der Waals surface area contributed by atoms with Crippen molar-refractivity contribution in [3.8, 4) is 0 Å². The Morgan fingerprint density at radius 3 is 2.58 bits per heavy atom. The number of likely N-dealkylation sites (N-methyl/N-ethyl adjacent to an activating group) is 1. The maximum Gasteiger partial charge on any atom is 0.261 e. The van der Waals surface area contributed by atoms with Gasteiger partial charge in [0.05, 0.1) is 4.88 Å². The van der Waals surface area contributed by atoms with Crippen molar-refractivity contribution in [1.82, 2.24) is 10.2 Å². The molecule has 0 atom stereocenters. The fourth-order valence-corrected chi connectivity index (χ4v) is 5.01.